The first-order chi connectivity index (χ1) is 10.8. The van der Waals surface area contributed by atoms with E-state index in [-0.39, 0.29) is 6.61 Å². The topological polar surface area (TPSA) is 157 Å². The van der Waals surface area contributed by atoms with Crippen molar-refractivity contribution < 1.29 is 28.9 Å². The van der Waals surface area contributed by atoms with Crippen molar-refractivity contribution in [3.8, 4) is 0 Å². The van der Waals surface area contributed by atoms with E-state index in [1.165, 1.54) is 13.0 Å². The predicted molar refractivity (Wildman–Crippen MR) is 77.7 cm³/mol. The molecule has 0 saturated carbocycles. The van der Waals surface area contributed by atoms with E-state index in [9.17, 15) is 14.7 Å². The van der Waals surface area contributed by atoms with E-state index in [0.29, 0.717) is 5.76 Å². The van der Waals surface area contributed by atoms with Crippen LogP contribution in [0.15, 0.2) is 16.9 Å². The van der Waals surface area contributed by atoms with E-state index in [4.69, 9.17) is 25.5 Å². The number of azide groups is 1. The van der Waals surface area contributed by atoms with E-state index in [0.717, 1.165) is 6.92 Å². The van der Waals surface area contributed by atoms with Crippen molar-refractivity contribution in [3.63, 3.8) is 0 Å². The molecule has 0 unspecified atom stereocenters. The van der Waals surface area contributed by atoms with Gasteiger partial charge in [0.25, 0.3) is 0 Å². The van der Waals surface area contributed by atoms with Crippen LogP contribution in [0.3, 0.4) is 0 Å². The predicted octanol–water partition coefficient (Wildman–Crippen LogP) is 0.151. The number of carbonyl (C=O) groups excluding carboxylic acids is 2. The van der Waals surface area contributed by atoms with Crippen LogP contribution in [0.5, 0.6) is 0 Å². The number of allylic oxidation sites excluding steroid dienone is 1. The van der Waals surface area contributed by atoms with Gasteiger partial charge >= 0.3 is 11.9 Å². The summed E-state index contributed by atoms with van der Waals surface area (Å²) >= 11 is 0. The van der Waals surface area contributed by atoms with E-state index in [1.54, 1.807) is 6.92 Å². The minimum absolute atomic E-state index is 0.350. The summed E-state index contributed by atoms with van der Waals surface area (Å²) in [5.74, 6) is -0.849. The molecule has 1 aliphatic rings. The van der Waals surface area contributed by atoms with Gasteiger partial charge in [-0.2, -0.15) is 0 Å². The lowest BCUT2D eigenvalue weighted by atomic mass is 9.93. The lowest BCUT2D eigenvalue weighted by Gasteiger charge is -2.37. The van der Waals surface area contributed by atoms with Gasteiger partial charge in [0.15, 0.2) is 6.10 Å². The molecule has 1 heterocycles. The number of carbonyl (C=O) groups is 2. The lowest BCUT2D eigenvalue weighted by molar-refractivity contribution is -0.171. The summed E-state index contributed by atoms with van der Waals surface area (Å²) in [6.07, 6.45) is -2.02. The molecule has 0 spiro atoms. The van der Waals surface area contributed by atoms with Gasteiger partial charge < -0.3 is 25.1 Å². The molecule has 10 heteroatoms. The third-order valence-electron chi connectivity index (χ3n) is 3.17. The zero-order valence-electron chi connectivity index (χ0n) is 13.1. The molecule has 0 saturated heterocycles. The van der Waals surface area contributed by atoms with Gasteiger partial charge in [0, 0.05) is 18.8 Å². The molecule has 23 heavy (non-hydrogen) atoms. The summed E-state index contributed by atoms with van der Waals surface area (Å²) in [4.78, 5) is 24.8. The Morgan fingerprint density at radius 1 is 1.52 bits per heavy atom. The molecule has 10 nitrogen and oxygen atoms in total. The fraction of sp³-hybridized carbons (Fsp3) is 0.692. The molecule has 5 atom stereocenters. The Morgan fingerprint density at radius 2 is 2.17 bits per heavy atom. The van der Waals surface area contributed by atoms with Crippen LogP contribution in [0.2, 0.25) is 0 Å². The molecule has 1 rings (SSSR count). The quantitative estimate of drug-likeness (QED) is 0.304. The first-order valence-corrected chi connectivity index (χ1v) is 6.89. The number of esters is 2. The molecule has 128 valence electrons. The van der Waals surface area contributed by atoms with E-state index >= 15 is 0 Å². The maximum absolute atomic E-state index is 11.2. The fourth-order valence-electron chi connectivity index (χ4n) is 2.17. The van der Waals surface area contributed by atoms with E-state index < -0.39 is 42.3 Å². The van der Waals surface area contributed by atoms with Crippen LogP contribution in [0.4, 0.5) is 0 Å². The number of hydrogen-bond donors (Lipinski definition) is 2. The Kier molecular flexibility index (Phi) is 6.83. The van der Waals surface area contributed by atoms with Crippen LogP contribution in [0.1, 0.15) is 20.8 Å². The maximum atomic E-state index is 11.2. The van der Waals surface area contributed by atoms with Crippen LogP contribution in [-0.2, 0) is 23.8 Å². The summed E-state index contributed by atoms with van der Waals surface area (Å²) in [6, 6.07) is -1.58. The van der Waals surface area contributed by atoms with Gasteiger partial charge in [-0.05, 0) is 18.5 Å². The van der Waals surface area contributed by atoms with Gasteiger partial charge in [0.2, 0.25) is 0 Å². The van der Waals surface area contributed by atoms with Gasteiger partial charge in [0.05, 0.1) is 17.8 Å². The number of aliphatic hydroxyl groups excluding tert-OH is 1. The van der Waals surface area contributed by atoms with Crippen molar-refractivity contribution in [3.05, 3.63) is 22.3 Å². The highest BCUT2D eigenvalue weighted by Gasteiger charge is 2.41. The van der Waals surface area contributed by atoms with Gasteiger partial charge in [-0.15, -0.1) is 0 Å². The SMILES string of the molecule is CC(=O)OC[C@@H](OC(C)=O)[C@@H](O)[C@@H]1OC(C)=C[C@H](N=[N+]=[N-])[C@H]1N. The number of ether oxygens (including phenoxy) is 3. The van der Waals surface area contributed by atoms with Crippen LogP contribution in [-0.4, -0.2) is 54.0 Å². The zero-order chi connectivity index (χ0) is 17.6. The smallest absolute Gasteiger partial charge is 0.303 e. The van der Waals surface area contributed by atoms with Gasteiger partial charge in [-0.25, -0.2) is 0 Å². The average Bonchev–Trinajstić information content (AvgIpc) is 2.46. The van der Waals surface area contributed by atoms with Crippen LogP contribution in [0.25, 0.3) is 10.4 Å². The Labute approximate surface area is 132 Å². The van der Waals surface area contributed by atoms with E-state index in [1.807, 2.05) is 0 Å². The number of nitrogens with two attached hydrogens (primary N) is 1. The van der Waals surface area contributed by atoms with Crippen molar-refractivity contribution >= 4 is 11.9 Å². The molecule has 0 aromatic heterocycles. The summed E-state index contributed by atoms with van der Waals surface area (Å²) in [5.41, 5.74) is 14.5. The Morgan fingerprint density at radius 3 is 2.70 bits per heavy atom. The van der Waals surface area contributed by atoms with Crippen molar-refractivity contribution in [2.24, 2.45) is 10.8 Å². The Balaban J connectivity index is 2.94. The molecule has 0 bridgehead atoms. The van der Waals surface area contributed by atoms with Crippen molar-refractivity contribution in [1.29, 1.82) is 0 Å². The zero-order valence-corrected chi connectivity index (χ0v) is 13.1. The molecule has 0 aliphatic carbocycles. The Bertz CT molecular complexity index is 531. The second kappa shape index (κ2) is 8.37. The number of nitrogens with zero attached hydrogens (tertiary/aromatic N) is 3. The highest BCUT2D eigenvalue weighted by molar-refractivity contribution is 5.67. The molecule has 3 N–H and O–H groups in total. The molecule has 0 radical (unpaired) electrons. The summed E-state index contributed by atoms with van der Waals surface area (Å²) < 4.78 is 15.2. The van der Waals surface area contributed by atoms with Crippen LogP contribution < -0.4 is 5.73 Å². The lowest BCUT2D eigenvalue weighted by Crippen LogP contribution is -2.57. The molecular weight excluding hydrogens is 308 g/mol. The van der Waals surface area contributed by atoms with E-state index in [2.05, 4.69) is 10.0 Å². The Hall–Kier alpha value is -2.29. The highest BCUT2D eigenvalue weighted by Crippen LogP contribution is 2.24. The largest absolute Gasteiger partial charge is 0.491 e. The molecule has 0 amide bonds. The standard InChI is InChI=1S/C13H20N4O6/c1-6-4-9(16-17-15)11(14)13(22-6)12(20)10(23-8(3)19)5-21-7(2)18/h4,9-13,20H,5,14H2,1-3H3/t9-,10+,11+,12+,13+/m0/s1. The second-order valence-corrected chi connectivity index (χ2v) is 5.07. The summed E-state index contributed by atoms with van der Waals surface area (Å²) in [7, 11) is 0. The first-order valence-electron chi connectivity index (χ1n) is 6.89. The number of hydrogen-bond acceptors (Lipinski definition) is 8. The molecular formula is C13H20N4O6. The maximum Gasteiger partial charge on any atom is 0.303 e. The van der Waals surface area contributed by atoms with Gasteiger partial charge in [-0.3, -0.25) is 9.59 Å². The second-order valence-electron chi connectivity index (χ2n) is 5.07. The minimum Gasteiger partial charge on any atom is -0.491 e. The van der Waals surface area contributed by atoms with Gasteiger partial charge in [0.1, 0.15) is 18.8 Å². The third kappa shape index (κ3) is 5.44. The van der Waals surface area contributed by atoms with Crippen molar-refractivity contribution in [1.82, 2.24) is 0 Å². The summed E-state index contributed by atoms with van der Waals surface area (Å²) in [6.45, 7) is 3.60. The van der Waals surface area contributed by atoms with Crippen LogP contribution in [0, 0.1) is 0 Å². The molecule has 0 aromatic carbocycles. The molecule has 1 aliphatic heterocycles. The summed E-state index contributed by atoms with van der Waals surface area (Å²) in [5, 5.41) is 14.0. The minimum atomic E-state index is -1.38. The van der Waals surface area contributed by atoms with Gasteiger partial charge in [-0.1, -0.05) is 5.11 Å². The number of rotatable bonds is 6. The van der Waals surface area contributed by atoms with Crippen LogP contribution >= 0.6 is 0 Å². The molecule has 0 aromatic rings. The van der Waals surface area contributed by atoms with Crippen molar-refractivity contribution in [2.75, 3.05) is 6.61 Å². The normalized spacial score (nSPS) is 26.0. The van der Waals surface area contributed by atoms with Crippen molar-refractivity contribution in [2.45, 2.75) is 51.2 Å². The monoisotopic (exact) mass is 328 g/mol. The average molecular weight is 328 g/mol. The highest BCUT2D eigenvalue weighted by atomic mass is 16.6. The first kappa shape index (κ1) is 18.8. The number of aliphatic hydroxyl groups is 1. The fourth-order valence-corrected chi connectivity index (χ4v) is 2.17. The third-order valence-corrected chi connectivity index (χ3v) is 3.17. The molecule has 0 fully saturated rings.